The first-order valence-corrected chi connectivity index (χ1v) is 7.30. The maximum atomic E-state index is 5.36. The highest BCUT2D eigenvalue weighted by Crippen LogP contribution is 2.24. The van der Waals surface area contributed by atoms with Crippen LogP contribution in [0.15, 0.2) is 18.2 Å². The van der Waals surface area contributed by atoms with Crippen LogP contribution in [0, 0.1) is 19.3 Å². The molecule has 0 radical (unpaired) electrons. The molecule has 1 saturated heterocycles. The van der Waals surface area contributed by atoms with Crippen molar-refractivity contribution in [2.75, 3.05) is 43.9 Å². The smallest absolute Gasteiger partial charge is 0.0598 e. The van der Waals surface area contributed by atoms with Crippen molar-refractivity contribution < 1.29 is 0 Å². The van der Waals surface area contributed by atoms with Crippen LogP contribution in [-0.4, -0.2) is 44.7 Å². The fourth-order valence-corrected chi connectivity index (χ4v) is 2.67. The number of nitrogens with zero attached hydrogens (tertiary/aromatic N) is 2. The van der Waals surface area contributed by atoms with E-state index in [1.54, 1.807) is 0 Å². The van der Waals surface area contributed by atoms with Gasteiger partial charge in [-0.25, -0.2) is 0 Å². The Morgan fingerprint density at radius 1 is 1.35 bits per heavy atom. The molecule has 0 unspecified atom stereocenters. The second-order valence-corrected chi connectivity index (χ2v) is 5.79. The van der Waals surface area contributed by atoms with Crippen molar-refractivity contribution in [2.45, 2.75) is 25.8 Å². The Balaban J connectivity index is 1.93. The summed E-state index contributed by atoms with van der Waals surface area (Å²) in [7, 11) is 4.14. The van der Waals surface area contributed by atoms with E-state index in [0.717, 1.165) is 32.5 Å². The van der Waals surface area contributed by atoms with Gasteiger partial charge in [-0.1, -0.05) is 5.92 Å². The lowest BCUT2D eigenvalue weighted by molar-refractivity contribution is 0.243. The van der Waals surface area contributed by atoms with Gasteiger partial charge >= 0.3 is 0 Å². The fourth-order valence-electron chi connectivity index (χ4n) is 2.67. The Morgan fingerprint density at radius 3 is 2.60 bits per heavy atom. The van der Waals surface area contributed by atoms with Gasteiger partial charge in [-0.05, 0) is 43.5 Å². The zero-order valence-corrected chi connectivity index (χ0v) is 12.8. The minimum absolute atomic E-state index is 0.563. The molecular formula is C17H25N3. The van der Waals surface area contributed by atoms with Gasteiger partial charge < -0.3 is 10.2 Å². The Kier molecular flexibility index (Phi) is 4.92. The second-order valence-electron chi connectivity index (χ2n) is 5.79. The van der Waals surface area contributed by atoms with Crippen LogP contribution in [0.25, 0.3) is 0 Å². The molecule has 1 aliphatic rings. The molecule has 1 N–H and O–H groups in total. The molecule has 1 fully saturated rings. The SMILES string of the molecule is C#CCN1CCC(Nc2ccc(N(C)C)cc2C)CC1. The molecule has 108 valence electrons. The van der Waals surface area contributed by atoms with E-state index in [1.807, 2.05) is 0 Å². The van der Waals surface area contributed by atoms with Crippen LogP contribution in [0.2, 0.25) is 0 Å². The highest BCUT2D eigenvalue weighted by atomic mass is 15.1. The van der Waals surface area contributed by atoms with Crippen molar-refractivity contribution in [2.24, 2.45) is 0 Å². The summed E-state index contributed by atoms with van der Waals surface area (Å²) in [6, 6.07) is 7.16. The lowest BCUT2D eigenvalue weighted by Gasteiger charge is -2.32. The average Bonchev–Trinajstić information content (AvgIpc) is 2.43. The van der Waals surface area contributed by atoms with E-state index >= 15 is 0 Å². The van der Waals surface area contributed by atoms with Crippen LogP contribution in [0.4, 0.5) is 11.4 Å². The van der Waals surface area contributed by atoms with Crippen LogP contribution in [0.3, 0.4) is 0 Å². The molecule has 0 aromatic heterocycles. The first kappa shape index (κ1) is 14.7. The zero-order chi connectivity index (χ0) is 14.5. The molecule has 3 nitrogen and oxygen atoms in total. The molecule has 2 rings (SSSR count). The normalized spacial score (nSPS) is 16.7. The molecule has 0 atom stereocenters. The van der Waals surface area contributed by atoms with Gasteiger partial charge in [0, 0.05) is 44.6 Å². The van der Waals surface area contributed by atoms with Crippen LogP contribution >= 0.6 is 0 Å². The number of hydrogen-bond acceptors (Lipinski definition) is 3. The average molecular weight is 271 g/mol. The Bertz CT molecular complexity index is 479. The van der Waals surface area contributed by atoms with Crippen molar-refractivity contribution in [1.82, 2.24) is 4.90 Å². The Hall–Kier alpha value is -1.66. The van der Waals surface area contributed by atoms with Gasteiger partial charge in [0.05, 0.1) is 6.54 Å². The number of hydrogen-bond donors (Lipinski definition) is 1. The summed E-state index contributed by atoms with van der Waals surface area (Å²) in [5.74, 6) is 2.73. The topological polar surface area (TPSA) is 18.5 Å². The molecule has 20 heavy (non-hydrogen) atoms. The summed E-state index contributed by atoms with van der Waals surface area (Å²) >= 11 is 0. The Labute approximate surface area is 123 Å². The monoisotopic (exact) mass is 271 g/mol. The molecular weight excluding hydrogens is 246 g/mol. The van der Waals surface area contributed by atoms with Crippen molar-refractivity contribution in [3.63, 3.8) is 0 Å². The largest absolute Gasteiger partial charge is 0.382 e. The third kappa shape index (κ3) is 3.68. The van der Waals surface area contributed by atoms with Crippen LogP contribution in [0.5, 0.6) is 0 Å². The van der Waals surface area contributed by atoms with Crippen molar-refractivity contribution in [1.29, 1.82) is 0 Å². The van der Waals surface area contributed by atoms with Gasteiger partial charge in [-0.15, -0.1) is 6.42 Å². The quantitative estimate of drug-likeness (QED) is 0.849. The second kappa shape index (κ2) is 6.67. The van der Waals surface area contributed by atoms with E-state index in [-0.39, 0.29) is 0 Å². The van der Waals surface area contributed by atoms with Crippen molar-refractivity contribution >= 4 is 11.4 Å². The van der Waals surface area contributed by atoms with E-state index in [2.05, 4.69) is 60.3 Å². The predicted octanol–water partition coefficient (Wildman–Crippen LogP) is 2.57. The maximum absolute atomic E-state index is 5.36. The Morgan fingerprint density at radius 2 is 2.05 bits per heavy atom. The van der Waals surface area contributed by atoms with Gasteiger partial charge in [0.25, 0.3) is 0 Å². The molecule has 1 aromatic rings. The van der Waals surface area contributed by atoms with Gasteiger partial charge in [0.1, 0.15) is 0 Å². The first-order chi connectivity index (χ1) is 9.60. The summed E-state index contributed by atoms with van der Waals surface area (Å²) in [6.07, 6.45) is 7.69. The van der Waals surface area contributed by atoms with Gasteiger partial charge in [-0.3, -0.25) is 4.90 Å². The number of rotatable bonds is 4. The molecule has 0 amide bonds. The predicted molar refractivity (Wildman–Crippen MR) is 87.4 cm³/mol. The first-order valence-electron chi connectivity index (χ1n) is 7.30. The number of likely N-dealkylation sites (tertiary alicyclic amines) is 1. The van der Waals surface area contributed by atoms with E-state index < -0.39 is 0 Å². The van der Waals surface area contributed by atoms with Crippen LogP contribution < -0.4 is 10.2 Å². The highest BCUT2D eigenvalue weighted by molar-refractivity contribution is 5.60. The van der Waals surface area contributed by atoms with E-state index in [0.29, 0.717) is 6.04 Å². The van der Waals surface area contributed by atoms with E-state index in [9.17, 15) is 0 Å². The summed E-state index contributed by atoms with van der Waals surface area (Å²) in [5.41, 5.74) is 3.81. The fraction of sp³-hybridized carbons (Fsp3) is 0.529. The third-order valence-electron chi connectivity index (χ3n) is 3.99. The standard InChI is InChI=1S/C17H25N3/c1-5-10-20-11-8-15(9-12-20)18-17-7-6-16(19(3)4)13-14(17)2/h1,6-7,13,15,18H,8-12H2,2-4H3. The minimum atomic E-state index is 0.563. The number of benzene rings is 1. The molecule has 3 heteroatoms. The number of nitrogens with one attached hydrogen (secondary N) is 1. The highest BCUT2D eigenvalue weighted by Gasteiger charge is 2.18. The van der Waals surface area contributed by atoms with Crippen LogP contribution in [0.1, 0.15) is 18.4 Å². The van der Waals surface area contributed by atoms with E-state index in [4.69, 9.17) is 6.42 Å². The molecule has 0 bridgehead atoms. The summed E-state index contributed by atoms with van der Waals surface area (Å²) in [6.45, 7) is 5.14. The summed E-state index contributed by atoms with van der Waals surface area (Å²) < 4.78 is 0. The molecule has 0 aliphatic carbocycles. The van der Waals surface area contributed by atoms with Crippen molar-refractivity contribution in [3.8, 4) is 12.3 Å². The summed E-state index contributed by atoms with van der Waals surface area (Å²) in [5, 5.41) is 3.68. The minimum Gasteiger partial charge on any atom is -0.382 e. The third-order valence-corrected chi connectivity index (χ3v) is 3.99. The van der Waals surface area contributed by atoms with Crippen molar-refractivity contribution in [3.05, 3.63) is 23.8 Å². The molecule has 1 aliphatic heterocycles. The van der Waals surface area contributed by atoms with Crippen LogP contribution in [-0.2, 0) is 0 Å². The van der Waals surface area contributed by atoms with Gasteiger partial charge in [0.15, 0.2) is 0 Å². The molecule has 1 heterocycles. The molecule has 0 saturated carbocycles. The molecule has 1 aromatic carbocycles. The number of aryl methyl sites for hydroxylation is 1. The van der Waals surface area contributed by atoms with Gasteiger partial charge in [0.2, 0.25) is 0 Å². The number of piperidine rings is 1. The number of anilines is 2. The van der Waals surface area contributed by atoms with E-state index in [1.165, 1.54) is 16.9 Å². The van der Waals surface area contributed by atoms with Gasteiger partial charge in [-0.2, -0.15) is 0 Å². The zero-order valence-electron chi connectivity index (χ0n) is 12.8. The maximum Gasteiger partial charge on any atom is 0.0598 e. The lowest BCUT2D eigenvalue weighted by atomic mass is 10.0. The number of terminal acetylenes is 1. The summed E-state index contributed by atoms with van der Waals surface area (Å²) in [4.78, 5) is 4.48. The molecule has 0 spiro atoms. The lowest BCUT2D eigenvalue weighted by Crippen LogP contribution is -2.39.